The Kier molecular flexibility index (Phi) is 3.39. The van der Waals surface area contributed by atoms with Crippen molar-refractivity contribution < 1.29 is 0 Å². The molecule has 2 nitrogen and oxygen atoms in total. The molecule has 15 heavy (non-hydrogen) atoms. The van der Waals surface area contributed by atoms with Gasteiger partial charge in [0, 0.05) is 19.1 Å². The second-order valence-corrected chi connectivity index (χ2v) is 4.49. The van der Waals surface area contributed by atoms with E-state index in [2.05, 4.69) is 42.7 Å². The lowest BCUT2D eigenvalue weighted by molar-refractivity contribution is 0.547. The van der Waals surface area contributed by atoms with E-state index in [1.165, 1.54) is 23.1 Å². The molecule has 1 saturated heterocycles. The van der Waals surface area contributed by atoms with Gasteiger partial charge in [-0.05, 0) is 43.5 Å². The summed E-state index contributed by atoms with van der Waals surface area (Å²) >= 11 is 0. The molecule has 2 rings (SSSR count). The number of benzene rings is 1. The topological polar surface area (TPSA) is 24.1 Å². The van der Waals surface area contributed by atoms with Crippen molar-refractivity contribution in [2.75, 3.05) is 13.1 Å². The first-order chi connectivity index (χ1) is 7.25. The molecule has 0 radical (unpaired) electrons. The van der Waals surface area contributed by atoms with E-state index in [9.17, 15) is 0 Å². The van der Waals surface area contributed by atoms with Crippen LogP contribution in [0.3, 0.4) is 0 Å². The molecule has 2 N–H and O–H groups in total. The molecule has 82 valence electrons. The molecule has 1 fully saturated rings. The van der Waals surface area contributed by atoms with Crippen LogP contribution in [0.1, 0.15) is 23.1 Å². The van der Waals surface area contributed by atoms with Crippen LogP contribution in [-0.2, 0) is 6.54 Å². The fraction of sp³-hybridized carbons (Fsp3) is 0.538. The van der Waals surface area contributed by atoms with Gasteiger partial charge in [0.05, 0.1) is 0 Å². The standard InChI is InChI=1S/C13H20N2/c1-10-3-4-12(7-11(10)2)8-15-13-5-6-14-9-13/h3-4,7,13-15H,5-6,8-9H2,1-2H3. The molecular weight excluding hydrogens is 184 g/mol. The van der Waals surface area contributed by atoms with Crippen molar-refractivity contribution in [3.05, 3.63) is 34.9 Å². The van der Waals surface area contributed by atoms with Gasteiger partial charge in [-0.15, -0.1) is 0 Å². The number of rotatable bonds is 3. The summed E-state index contributed by atoms with van der Waals surface area (Å²) in [6.45, 7) is 7.60. The maximum absolute atomic E-state index is 3.58. The van der Waals surface area contributed by atoms with Crippen LogP contribution >= 0.6 is 0 Å². The SMILES string of the molecule is Cc1ccc(CNC2CCNC2)cc1C. The molecule has 1 aliphatic heterocycles. The van der Waals surface area contributed by atoms with Gasteiger partial charge in [0.2, 0.25) is 0 Å². The minimum Gasteiger partial charge on any atom is -0.315 e. The van der Waals surface area contributed by atoms with Gasteiger partial charge in [-0.25, -0.2) is 0 Å². The Hall–Kier alpha value is -0.860. The molecule has 2 heteroatoms. The first kappa shape index (κ1) is 10.7. The Morgan fingerprint density at radius 1 is 1.33 bits per heavy atom. The third kappa shape index (κ3) is 2.80. The largest absolute Gasteiger partial charge is 0.315 e. The molecule has 1 aromatic carbocycles. The Bertz CT molecular complexity index is 327. The molecule has 0 spiro atoms. The summed E-state index contributed by atoms with van der Waals surface area (Å²) in [7, 11) is 0. The Morgan fingerprint density at radius 3 is 2.87 bits per heavy atom. The van der Waals surface area contributed by atoms with Crippen LogP contribution in [0.5, 0.6) is 0 Å². The van der Waals surface area contributed by atoms with E-state index >= 15 is 0 Å². The summed E-state index contributed by atoms with van der Waals surface area (Å²) in [5.74, 6) is 0. The first-order valence-corrected chi connectivity index (χ1v) is 5.76. The summed E-state index contributed by atoms with van der Waals surface area (Å²) < 4.78 is 0. The average molecular weight is 204 g/mol. The van der Waals surface area contributed by atoms with Crippen LogP contribution in [0.4, 0.5) is 0 Å². The highest BCUT2D eigenvalue weighted by Gasteiger charge is 2.12. The van der Waals surface area contributed by atoms with Crippen LogP contribution < -0.4 is 10.6 Å². The van der Waals surface area contributed by atoms with Crippen molar-refractivity contribution in [2.24, 2.45) is 0 Å². The summed E-state index contributed by atoms with van der Waals surface area (Å²) in [6.07, 6.45) is 1.25. The highest BCUT2D eigenvalue weighted by molar-refractivity contribution is 5.29. The van der Waals surface area contributed by atoms with Crippen LogP contribution in [0, 0.1) is 13.8 Å². The minimum absolute atomic E-state index is 0.659. The fourth-order valence-corrected chi connectivity index (χ4v) is 2.00. The van der Waals surface area contributed by atoms with Crippen LogP contribution in [0.2, 0.25) is 0 Å². The smallest absolute Gasteiger partial charge is 0.0208 e. The average Bonchev–Trinajstić information content (AvgIpc) is 2.73. The Morgan fingerprint density at radius 2 is 2.20 bits per heavy atom. The molecule has 1 heterocycles. The number of aryl methyl sites for hydroxylation is 2. The highest BCUT2D eigenvalue weighted by atomic mass is 15.0. The van der Waals surface area contributed by atoms with Crippen molar-refractivity contribution in [1.82, 2.24) is 10.6 Å². The third-order valence-corrected chi connectivity index (χ3v) is 3.23. The van der Waals surface area contributed by atoms with Gasteiger partial charge in [0.15, 0.2) is 0 Å². The van der Waals surface area contributed by atoms with Crippen molar-refractivity contribution in [3.63, 3.8) is 0 Å². The normalized spacial score (nSPS) is 20.8. The number of nitrogens with one attached hydrogen (secondary N) is 2. The maximum atomic E-state index is 3.58. The molecule has 0 aliphatic carbocycles. The van der Waals surface area contributed by atoms with Gasteiger partial charge in [-0.2, -0.15) is 0 Å². The molecule has 0 bridgehead atoms. The summed E-state index contributed by atoms with van der Waals surface area (Å²) in [4.78, 5) is 0. The molecule has 1 aliphatic rings. The molecule has 0 saturated carbocycles. The molecule has 0 aromatic heterocycles. The predicted molar refractivity (Wildman–Crippen MR) is 64.0 cm³/mol. The lowest BCUT2D eigenvalue weighted by Gasteiger charge is -2.12. The van der Waals surface area contributed by atoms with E-state index in [1.807, 2.05) is 0 Å². The second-order valence-electron chi connectivity index (χ2n) is 4.49. The van der Waals surface area contributed by atoms with Gasteiger partial charge in [-0.3, -0.25) is 0 Å². The monoisotopic (exact) mass is 204 g/mol. The zero-order valence-electron chi connectivity index (χ0n) is 9.64. The van der Waals surface area contributed by atoms with Crippen molar-refractivity contribution in [3.8, 4) is 0 Å². The second kappa shape index (κ2) is 4.77. The van der Waals surface area contributed by atoms with Crippen molar-refractivity contribution in [1.29, 1.82) is 0 Å². The van der Waals surface area contributed by atoms with Gasteiger partial charge < -0.3 is 10.6 Å². The van der Waals surface area contributed by atoms with E-state index < -0.39 is 0 Å². The van der Waals surface area contributed by atoms with Crippen molar-refractivity contribution >= 4 is 0 Å². The van der Waals surface area contributed by atoms with Gasteiger partial charge in [-0.1, -0.05) is 18.2 Å². The number of hydrogen-bond acceptors (Lipinski definition) is 2. The van der Waals surface area contributed by atoms with Crippen molar-refractivity contribution in [2.45, 2.75) is 32.9 Å². The Labute approximate surface area is 92.1 Å². The van der Waals surface area contributed by atoms with E-state index in [-0.39, 0.29) is 0 Å². The van der Waals surface area contributed by atoms with E-state index in [4.69, 9.17) is 0 Å². The van der Waals surface area contributed by atoms with Crippen LogP contribution in [0.15, 0.2) is 18.2 Å². The highest BCUT2D eigenvalue weighted by Crippen LogP contribution is 2.10. The molecular formula is C13H20N2. The quantitative estimate of drug-likeness (QED) is 0.784. The first-order valence-electron chi connectivity index (χ1n) is 5.76. The van der Waals surface area contributed by atoms with E-state index in [1.54, 1.807) is 0 Å². The zero-order chi connectivity index (χ0) is 10.7. The lowest BCUT2D eigenvalue weighted by atomic mass is 10.1. The van der Waals surface area contributed by atoms with Crippen LogP contribution in [-0.4, -0.2) is 19.1 Å². The minimum atomic E-state index is 0.659. The maximum Gasteiger partial charge on any atom is 0.0208 e. The fourth-order valence-electron chi connectivity index (χ4n) is 2.00. The predicted octanol–water partition coefficient (Wildman–Crippen LogP) is 1.75. The van der Waals surface area contributed by atoms with Gasteiger partial charge in [0.1, 0.15) is 0 Å². The molecule has 1 aromatic rings. The third-order valence-electron chi connectivity index (χ3n) is 3.23. The van der Waals surface area contributed by atoms with E-state index in [0.717, 1.165) is 19.6 Å². The zero-order valence-corrected chi connectivity index (χ0v) is 9.64. The van der Waals surface area contributed by atoms with Gasteiger partial charge in [0.25, 0.3) is 0 Å². The number of hydrogen-bond donors (Lipinski definition) is 2. The van der Waals surface area contributed by atoms with E-state index in [0.29, 0.717) is 6.04 Å². The molecule has 1 unspecified atom stereocenters. The molecule has 1 atom stereocenters. The Balaban J connectivity index is 1.90. The molecule has 0 amide bonds. The summed E-state index contributed by atoms with van der Waals surface area (Å²) in [5, 5.41) is 6.95. The van der Waals surface area contributed by atoms with Crippen LogP contribution in [0.25, 0.3) is 0 Å². The lowest BCUT2D eigenvalue weighted by Crippen LogP contribution is -2.30. The summed E-state index contributed by atoms with van der Waals surface area (Å²) in [5.41, 5.74) is 4.16. The summed E-state index contributed by atoms with van der Waals surface area (Å²) in [6, 6.07) is 7.37. The van der Waals surface area contributed by atoms with Gasteiger partial charge >= 0.3 is 0 Å².